The summed E-state index contributed by atoms with van der Waals surface area (Å²) in [7, 11) is 9.87. The van der Waals surface area contributed by atoms with E-state index in [1.165, 1.54) is 32.7 Å². The van der Waals surface area contributed by atoms with Crippen molar-refractivity contribution in [1.29, 1.82) is 0 Å². The van der Waals surface area contributed by atoms with Crippen molar-refractivity contribution in [2.75, 3.05) is 0 Å². The molecule has 4 aromatic carbocycles. The first-order valence-electron chi connectivity index (χ1n) is 8.60. The number of benzene rings is 2. The zero-order valence-electron chi connectivity index (χ0n) is 17.7. The van der Waals surface area contributed by atoms with Crippen LogP contribution in [0.3, 0.4) is 0 Å². The van der Waals surface area contributed by atoms with Gasteiger partial charge in [-0.25, -0.2) is 6.07 Å². The molecule has 28 heavy (non-hydrogen) atoms. The molecule has 0 N–H and O–H groups in total. The Kier molecular flexibility index (Phi) is 12.2. The van der Waals surface area contributed by atoms with E-state index in [1.54, 1.807) is 0 Å². The molecule has 4 rings (SSSR count). The number of hydrogen-bond donors (Lipinski definition) is 0. The van der Waals surface area contributed by atoms with E-state index in [0.717, 1.165) is 0 Å². The summed E-state index contributed by atoms with van der Waals surface area (Å²) in [4.78, 5) is 0. The molecule has 4 aromatic rings. The third-order valence-electron chi connectivity index (χ3n) is 4.30. The number of rotatable bonds is 0. The number of hydrogen-bond acceptors (Lipinski definition) is 0. The van der Waals surface area contributed by atoms with Gasteiger partial charge in [0.25, 0.3) is 0 Å². The largest absolute Gasteiger partial charge is 0.126 e. The maximum absolute atomic E-state index is 4.93. The second kappa shape index (κ2) is 12.6. The van der Waals surface area contributed by atoms with Crippen LogP contribution in [0.25, 0.3) is 21.5 Å². The van der Waals surface area contributed by atoms with Gasteiger partial charge in [0.05, 0.1) is 0 Å². The Morgan fingerprint density at radius 2 is 1.25 bits per heavy atom. The summed E-state index contributed by atoms with van der Waals surface area (Å²) in [5.41, 5.74) is 3.11. The van der Waals surface area contributed by atoms with Crippen LogP contribution in [-0.2, 0) is 26.3 Å². The van der Waals surface area contributed by atoms with Crippen LogP contribution < -0.4 is 0 Å². The van der Waals surface area contributed by atoms with E-state index in [-0.39, 0.29) is 14.9 Å². The van der Waals surface area contributed by atoms with E-state index in [4.69, 9.17) is 17.0 Å². The molecule has 0 aliphatic carbocycles. The average Bonchev–Trinajstić information content (AvgIpc) is 3.19. The van der Waals surface area contributed by atoms with Crippen molar-refractivity contribution in [2.45, 2.75) is 33.1 Å². The van der Waals surface area contributed by atoms with Gasteiger partial charge in [-0.1, -0.05) is 69.5 Å². The van der Waals surface area contributed by atoms with E-state index in [2.05, 4.69) is 100 Å². The minimum absolute atomic E-state index is 0. The Morgan fingerprint density at radius 3 is 1.57 bits per heavy atom. The molecule has 0 aliphatic heterocycles. The Labute approximate surface area is 190 Å². The van der Waals surface area contributed by atoms with Crippen molar-refractivity contribution in [3.63, 3.8) is 0 Å². The van der Waals surface area contributed by atoms with Crippen LogP contribution in [-0.4, -0.2) is 0 Å². The smallest absolute Gasteiger partial charge is 0.0771 e. The van der Waals surface area contributed by atoms with Crippen molar-refractivity contribution in [2.24, 2.45) is 0 Å². The van der Waals surface area contributed by atoms with Gasteiger partial charge in [0, 0.05) is 0 Å². The van der Waals surface area contributed by atoms with Crippen LogP contribution in [0.5, 0.6) is 0 Å². The zero-order valence-corrected chi connectivity index (χ0v) is 21.7. The van der Waals surface area contributed by atoms with Crippen molar-refractivity contribution < 1.29 is 20.8 Å². The number of aryl methyl sites for hydroxylation is 1. The van der Waals surface area contributed by atoms with E-state index >= 15 is 0 Å². The SMILES string of the molecule is Cc1cc(C(C)(C)C)c[cH-]1.[CH3-].[CH3-].[Cl][Zr][Cl].c1ccc2c(c1)[cH-]c1ccccc12. The normalized spacial score (nSPS) is 9.93. The third kappa shape index (κ3) is 7.51. The predicted molar refractivity (Wildman–Crippen MR) is 127 cm³/mol. The molecule has 0 radical (unpaired) electrons. The third-order valence-corrected chi connectivity index (χ3v) is 4.30. The Morgan fingerprint density at radius 1 is 0.821 bits per heavy atom. The predicted octanol–water partition coefficient (Wildman–Crippen LogP) is 9.00. The number of halogens is 2. The summed E-state index contributed by atoms with van der Waals surface area (Å²) < 4.78 is 0. The second-order valence-electron chi connectivity index (χ2n) is 7.32. The molecule has 0 heterocycles. The van der Waals surface area contributed by atoms with Gasteiger partial charge in [-0.05, 0) is 0 Å². The van der Waals surface area contributed by atoms with Crippen molar-refractivity contribution in [3.8, 4) is 0 Å². The molecule has 0 nitrogen and oxygen atoms in total. The topological polar surface area (TPSA) is 0 Å². The molecule has 0 saturated heterocycles. The Hall–Kier alpha value is -0.877. The number of fused-ring (bicyclic) bond motifs is 3. The van der Waals surface area contributed by atoms with Gasteiger partial charge in [-0.2, -0.15) is 23.3 Å². The van der Waals surface area contributed by atoms with Gasteiger partial charge in [0.1, 0.15) is 0 Å². The average molecular weight is 493 g/mol. The second-order valence-corrected chi connectivity index (χ2v) is 11.0. The molecule has 0 aromatic heterocycles. The summed E-state index contributed by atoms with van der Waals surface area (Å²) >= 11 is -0.826. The summed E-state index contributed by atoms with van der Waals surface area (Å²) in [6.45, 7) is 8.85. The van der Waals surface area contributed by atoms with Gasteiger partial charge in [-0.3, -0.25) is 0 Å². The minimum atomic E-state index is -0.826. The summed E-state index contributed by atoms with van der Waals surface area (Å²) in [5.74, 6) is 0. The molecule has 0 atom stereocenters. The van der Waals surface area contributed by atoms with Crippen molar-refractivity contribution >= 4 is 38.6 Å². The maximum atomic E-state index is 4.93. The first-order valence-corrected chi connectivity index (χ1v) is 14.9. The molecule has 0 spiro atoms. The molecule has 3 heteroatoms. The van der Waals surface area contributed by atoms with Gasteiger partial charge in [-0.15, -0.1) is 39.7 Å². The molecule has 0 unspecified atom stereocenters. The fourth-order valence-electron chi connectivity index (χ4n) is 2.93. The first kappa shape index (κ1) is 27.1. The van der Waals surface area contributed by atoms with Crippen molar-refractivity contribution in [1.82, 2.24) is 0 Å². The van der Waals surface area contributed by atoms with E-state index in [9.17, 15) is 0 Å². The molecule has 0 fully saturated rings. The molecule has 152 valence electrons. The molecular weight excluding hydrogens is 462 g/mol. The van der Waals surface area contributed by atoms with Crippen LogP contribution in [0.15, 0.2) is 72.8 Å². The van der Waals surface area contributed by atoms with Gasteiger partial charge >= 0.3 is 37.9 Å². The van der Waals surface area contributed by atoms with Crippen LogP contribution in [0, 0.1) is 21.8 Å². The zero-order chi connectivity index (χ0) is 19.2. The summed E-state index contributed by atoms with van der Waals surface area (Å²) in [6, 6.07) is 25.9. The Balaban J connectivity index is 0.000000442. The standard InChI is InChI=1S/C13H9.C10H15.2CH3.2ClH.Zr/c1-3-7-12-10(5-1)9-11-6-2-4-8-13(11)12;1-8-5-6-9(7-8)10(2,3)4;;;;;/h1-9H;5-7H,1-4H3;2*1H3;2*1H;/q4*-1;;;+2/p-2. The van der Waals surface area contributed by atoms with Gasteiger partial charge in [0.15, 0.2) is 0 Å². The van der Waals surface area contributed by atoms with Gasteiger partial charge in [0.2, 0.25) is 0 Å². The molecule has 0 saturated carbocycles. The Bertz CT molecular complexity index is 891. The first-order chi connectivity index (χ1) is 12.4. The molecule has 0 bridgehead atoms. The summed E-state index contributed by atoms with van der Waals surface area (Å²) in [6.07, 6.45) is 0. The quantitative estimate of drug-likeness (QED) is 0.215. The summed E-state index contributed by atoms with van der Waals surface area (Å²) in [5, 5.41) is 5.39. The van der Waals surface area contributed by atoms with Crippen LogP contribution in [0.2, 0.25) is 0 Å². The van der Waals surface area contributed by atoms with E-state index < -0.39 is 20.8 Å². The van der Waals surface area contributed by atoms with E-state index in [1.807, 2.05) is 0 Å². The molecule has 0 amide bonds. The van der Waals surface area contributed by atoms with Crippen molar-refractivity contribution in [3.05, 3.63) is 98.8 Å². The van der Waals surface area contributed by atoms with Crippen LogP contribution in [0.1, 0.15) is 31.9 Å². The van der Waals surface area contributed by atoms with E-state index in [0.29, 0.717) is 5.41 Å². The maximum Gasteiger partial charge on any atom is -0.0771 e. The monoisotopic (exact) mass is 490 g/mol. The fraction of sp³-hybridized carbons (Fsp3) is 0.200. The molecule has 0 aliphatic rings. The fourth-order valence-corrected chi connectivity index (χ4v) is 2.93. The molecular formula is C25H30Cl2Zr-4. The van der Waals surface area contributed by atoms with Crippen LogP contribution >= 0.6 is 17.0 Å². The minimum Gasteiger partial charge on any atom is -0.126 e. The van der Waals surface area contributed by atoms with Gasteiger partial charge < -0.3 is 14.9 Å². The van der Waals surface area contributed by atoms with Crippen LogP contribution in [0.4, 0.5) is 0 Å².